The molecule has 18 heavy (non-hydrogen) atoms. The molecule has 0 unspecified atom stereocenters. The second-order valence-corrected chi connectivity index (χ2v) is 5.15. The number of rotatable bonds is 3. The van der Waals surface area contributed by atoms with Gasteiger partial charge in [0.2, 0.25) is 0 Å². The van der Waals surface area contributed by atoms with Crippen molar-refractivity contribution in [3.8, 4) is 0 Å². The van der Waals surface area contributed by atoms with E-state index >= 15 is 0 Å². The molecule has 3 rings (SSSR count). The predicted molar refractivity (Wildman–Crippen MR) is 72.9 cm³/mol. The molecule has 0 aliphatic heterocycles. The van der Waals surface area contributed by atoms with Gasteiger partial charge in [0.15, 0.2) is 5.78 Å². The van der Waals surface area contributed by atoms with Crippen LogP contribution in [-0.4, -0.2) is 5.78 Å². The molecule has 0 spiro atoms. The first-order chi connectivity index (χ1) is 8.72. The molecule has 0 aromatic heterocycles. The minimum absolute atomic E-state index is 0.241. The molecule has 1 nitrogen and oxygen atoms in total. The molecule has 0 atom stereocenters. The van der Waals surface area contributed by atoms with Crippen LogP contribution in [0.25, 0.3) is 0 Å². The topological polar surface area (TPSA) is 17.1 Å². The fraction of sp³-hybridized carbons (Fsp3) is 0.235. The number of aryl methyl sites for hydroxylation is 1. The van der Waals surface area contributed by atoms with Crippen molar-refractivity contribution in [1.82, 2.24) is 0 Å². The Morgan fingerprint density at radius 2 is 1.72 bits per heavy atom. The summed E-state index contributed by atoms with van der Waals surface area (Å²) < 4.78 is 0. The number of carbonyl (C=O) groups is 1. The summed E-state index contributed by atoms with van der Waals surface area (Å²) in [5.41, 5.74) is 2.91. The monoisotopic (exact) mass is 236 g/mol. The first-order valence-corrected chi connectivity index (χ1v) is 6.39. The fourth-order valence-corrected chi connectivity index (χ4v) is 2.59. The molecule has 1 saturated carbocycles. The van der Waals surface area contributed by atoms with Gasteiger partial charge in [0, 0.05) is 5.56 Å². The zero-order chi connectivity index (χ0) is 12.6. The Hall–Kier alpha value is -1.89. The molecule has 1 heteroatoms. The van der Waals surface area contributed by atoms with Gasteiger partial charge in [0.05, 0.1) is 5.41 Å². The summed E-state index contributed by atoms with van der Waals surface area (Å²) in [5, 5.41) is 0. The maximum Gasteiger partial charge on any atom is 0.173 e. The lowest BCUT2D eigenvalue weighted by atomic mass is 9.87. The highest BCUT2D eigenvalue weighted by molar-refractivity contribution is 6.06. The van der Waals surface area contributed by atoms with Crippen LogP contribution in [0.4, 0.5) is 0 Å². The van der Waals surface area contributed by atoms with Crippen molar-refractivity contribution >= 4 is 5.78 Å². The van der Waals surface area contributed by atoms with Crippen LogP contribution >= 0.6 is 0 Å². The summed E-state index contributed by atoms with van der Waals surface area (Å²) in [6, 6.07) is 18.1. The number of hydrogen-bond donors (Lipinski definition) is 0. The van der Waals surface area contributed by atoms with E-state index in [1.54, 1.807) is 0 Å². The Morgan fingerprint density at radius 3 is 2.33 bits per heavy atom. The standard InChI is InChI=1S/C17H16O/c1-13-6-5-7-14(12-13)16(18)17(10-11-17)15-8-3-2-4-9-15/h2-9,12H,10-11H2,1H3. The Morgan fingerprint density at radius 1 is 1.00 bits per heavy atom. The molecule has 0 bridgehead atoms. The third-order valence-corrected chi connectivity index (χ3v) is 3.79. The Labute approximate surface area is 107 Å². The Balaban J connectivity index is 1.98. The average Bonchev–Trinajstić information content (AvgIpc) is 3.20. The summed E-state index contributed by atoms with van der Waals surface area (Å²) >= 11 is 0. The van der Waals surface area contributed by atoms with E-state index in [0.717, 1.165) is 29.5 Å². The molecule has 1 fully saturated rings. The molecular weight excluding hydrogens is 220 g/mol. The van der Waals surface area contributed by atoms with E-state index in [4.69, 9.17) is 0 Å². The van der Waals surface area contributed by atoms with Crippen LogP contribution in [0.15, 0.2) is 54.6 Å². The van der Waals surface area contributed by atoms with Crippen molar-refractivity contribution in [3.63, 3.8) is 0 Å². The predicted octanol–water partition coefficient (Wildman–Crippen LogP) is 3.91. The third kappa shape index (κ3) is 1.76. The van der Waals surface area contributed by atoms with Gasteiger partial charge in [-0.2, -0.15) is 0 Å². The second kappa shape index (κ2) is 4.09. The molecule has 1 aliphatic rings. The number of Topliss-reactive ketones (excluding diaryl/α,β-unsaturated/α-hetero) is 1. The average molecular weight is 236 g/mol. The lowest BCUT2D eigenvalue weighted by Crippen LogP contribution is -2.20. The van der Waals surface area contributed by atoms with E-state index < -0.39 is 0 Å². The number of carbonyl (C=O) groups excluding carboxylic acids is 1. The minimum Gasteiger partial charge on any atom is -0.293 e. The highest BCUT2D eigenvalue weighted by Gasteiger charge is 2.50. The van der Waals surface area contributed by atoms with E-state index in [-0.39, 0.29) is 11.2 Å². The molecule has 2 aromatic rings. The van der Waals surface area contributed by atoms with Crippen molar-refractivity contribution in [2.24, 2.45) is 0 Å². The van der Waals surface area contributed by atoms with Crippen molar-refractivity contribution in [2.45, 2.75) is 25.2 Å². The number of ketones is 1. The zero-order valence-corrected chi connectivity index (χ0v) is 10.5. The van der Waals surface area contributed by atoms with Gasteiger partial charge >= 0.3 is 0 Å². The first kappa shape index (κ1) is 11.2. The van der Waals surface area contributed by atoms with E-state index in [1.165, 1.54) is 0 Å². The summed E-state index contributed by atoms with van der Waals surface area (Å²) in [6.07, 6.45) is 1.95. The number of benzene rings is 2. The lowest BCUT2D eigenvalue weighted by molar-refractivity contribution is 0.0946. The SMILES string of the molecule is Cc1cccc(C(=O)C2(c3ccccc3)CC2)c1. The van der Waals surface area contributed by atoms with Crippen molar-refractivity contribution in [2.75, 3.05) is 0 Å². The normalized spacial score (nSPS) is 16.3. The lowest BCUT2D eigenvalue weighted by Gasteiger charge is -2.14. The fourth-order valence-electron chi connectivity index (χ4n) is 2.59. The van der Waals surface area contributed by atoms with Gasteiger partial charge in [-0.25, -0.2) is 0 Å². The van der Waals surface area contributed by atoms with Crippen molar-refractivity contribution < 1.29 is 4.79 Å². The van der Waals surface area contributed by atoms with Crippen LogP contribution in [0.5, 0.6) is 0 Å². The molecule has 0 N–H and O–H groups in total. The summed E-state index contributed by atoms with van der Waals surface area (Å²) in [7, 11) is 0. The van der Waals surface area contributed by atoms with E-state index in [2.05, 4.69) is 12.1 Å². The van der Waals surface area contributed by atoms with Gasteiger partial charge in [-0.15, -0.1) is 0 Å². The molecule has 0 saturated heterocycles. The summed E-state index contributed by atoms with van der Waals surface area (Å²) in [6.45, 7) is 2.03. The quantitative estimate of drug-likeness (QED) is 0.738. The molecular formula is C17H16O. The largest absolute Gasteiger partial charge is 0.293 e. The highest BCUT2D eigenvalue weighted by Crippen LogP contribution is 2.50. The molecule has 0 heterocycles. The van der Waals surface area contributed by atoms with Gasteiger partial charge in [0.25, 0.3) is 0 Å². The molecule has 90 valence electrons. The molecule has 2 aromatic carbocycles. The third-order valence-electron chi connectivity index (χ3n) is 3.79. The first-order valence-electron chi connectivity index (χ1n) is 6.39. The Bertz CT molecular complexity index is 580. The van der Waals surface area contributed by atoms with Gasteiger partial charge in [-0.3, -0.25) is 4.79 Å². The van der Waals surface area contributed by atoms with Gasteiger partial charge in [0.1, 0.15) is 0 Å². The molecule has 1 aliphatic carbocycles. The maximum atomic E-state index is 12.7. The van der Waals surface area contributed by atoms with Crippen molar-refractivity contribution in [1.29, 1.82) is 0 Å². The van der Waals surface area contributed by atoms with Crippen LogP contribution < -0.4 is 0 Å². The van der Waals surface area contributed by atoms with Crippen molar-refractivity contribution in [3.05, 3.63) is 71.3 Å². The van der Waals surface area contributed by atoms with E-state index in [9.17, 15) is 4.79 Å². The summed E-state index contributed by atoms with van der Waals surface area (Å²) in [5.74, 6) is 0.275. The second-order valence-electron chi connectivity index (χ2n) is 5.15. The van der Waals surface area contributed by atoms with Crippen LogP contribution in [-0.2, 0) is 5.41 Å². The van der Waals surface area contributed by atoms with Crippen LogP contribution in [0.3, 0.4) is 0 Å². The van der Waals surface area contributed by atoms with Gasteiger partial charge in [-0.1, -0.05) is 54.1 Å². The highest BCUT2D eigenvalue weighted by atomic mass is 16.1. The number of hydrogen-bond acceptors (Lipinski definition) is 1. The maximum absolute atomic E-state index is 12.7. The molecule has 0 radical (unpaired) electrons. The molecule has 0 amide bonds. The van der Waals surface area contributed by atoms with Gasteiger partial charge in [-0.05, 0) is 31.4 Å². The zero-order valence-electron chi connectivity index (χ0n) is 10.5. The van der Waals surface area contributed by atoms with Crippen LogP contribution in [0.1, 0.15) is 34.3 Å². The van der Waals surface area contributed by atoms with Crippen LogP contribution in [0.2, 0.25) is 0 Å². The smallest absolute Gasteiger partial charge is 0.173 e. The van der Waals surface area contributed by atoms with E-state index in [1.807, 2.05) is 49.4 Å². The van der Waals surface area contributed by atoms with Gasteiger partial charge < -0.3 is 0 Å². The van der Waals surface area contributed by atoms with E-state index in [0.29, 0.717) is 0 Å². The summed E-state index contributed by atoms with van der Waals surface area (Å²) in [4.78, 5) is 12.7. The minimum atomic E-state index is -0.241. The Kier molecular flexibility index (Phi) is 2.55. The van der Waals surface area contributed by atoms with Crippen LogP contribution in [0, 0.1) is 6.92 Å².